The Hall–Kier alpha value is -1.18. The molecule has 1 aliphatic heterocycles. The van der Waals surface area contributed by atoms with Crippen LogP contribution in [0.1, 0.15) is 45.6 Å². The van der Waals surface area contributed by atoms with Gasteiger partial charge in [-0.25, -0.2) is 0 Å². The molecule has 0 radical (unpaired) electrons. The molecule has 0 bridgehead atoms. The summed E-state index contributed by atoms with van der Waals surface area (Å²) in [6.07, 6.45) is 4.74. The maximum atomic E-state index is 5.94. The Balaban J connectivity index is 1.96. The molecular weight excluding hydrogens is 222 g/mol. The fraction of sp³-hybridized carbons (Fsp3) is 0.625. The van der Waals surface area contributed by atoms with Crippen LogP contribution in [0.15, 0.2) is 18.2 Å². The van der Waals surface area contributed by atoms with Crippen molar-refractivity contribution in [3.63, 3.8) is 0 Å². The van der Waals surface area contributed by atoms with Gasteiger partial charge in [0.25, 0.3) is 0 Å². The molecule has 0 aromatic heterocycles. The van der Waals surface area contributed by atoms with Crippen molar-refractivity contribution < 1.29 is 4.74 Å². The third-order valence-electron chi connectivity index (χ3n) is 3.53. The van der Waals surface area contributed by atoms with E-state index >= 15 is 0 Å². The van der Waals surface area contributed by atoms with Crippen LogP contribution in [0.2, 0.25) is 0 Å². The van der Waals surface area contributed by atoms with Crippen molar-refractivity contribution >= 4 is 5.69 Å². The van der Waals surface area contributed by atoms with Crippen LogP contribution in [-0.4, -0.2) is 12.6 Å². The first kappa shape index (κ1) is 13.3. The van der Waals surface area contributed by atoms with Crippen molar-refractivity contribution in [3.05, 3.63) is 23.8 Å². The predicted molar refractivity (Wildman–Crippen MR) is 77.4 cm³/mol. The highest BCUT2D eigenvalue weighted by Crippen LogP contribution is 2.33. The van der Waals surface area contributed by atoms with Gasteiger partial charge in [0.1, 0.15) is 5.75 Å². The number of ether oxygens (including phenoxy) is 1. The first-order chi connectivity index (χ1) is 8.66. The van der Waals surface area contributed by atoms with Gasteiger partial charge in [0.2, 0.25) is 0 Å². The van der Waals surface area contributed by atoms with Crippen LogP contribution in [-0.2, 0) is 6.42 Å². The van der Waals surface area contributed by atoms with E-state index in [1.165, 1.54) is 24.1 Å². The number of para-hydroxylation sites is 1. The highest BCUT2D eigenvalue weighted by Gasteiger charge is 2.17. The van der Waals surface area contributed by atoms with Crippen molar-refractivity contribution in [2.45, 2.75) is 52.5 Å². The molecule has 1 unspecified atom stereocenters. The normalized spacial score (nSPS) is 18.3. The Bertz CT molecular complexity index is 387. The number of anilines is 1. The minimum absolute atomic E-state index is 0.554. The van der Waals surface area contributed by atoms with E-state index in [1.54, 1.807) is 0 Å². The summed E-state index contributed by atoms with van der Waals surface area (Å²) in [7, 11) is 0. The third kappa shape index (κ3) is 3.41. The summed E-state index contributed by atoms with van der Waals surface area (Å²) in [5.41, 5.74) is 2.62. The summed E-state index contributed by atoms with van der Waals surface area (Å²) >= 11 is 0. The quantitative estimate of drug-likeness (QED) is 0.785. The summed E-state index contributed by atoms with van der Waals surface area (Å²) in [6, 6.07) is 6.95. The van der Waals surface area contributed by atoms with E-state index in [1.807, 2.05) is 0 Å². The van der Waals surface area contributed by atoms with E-state index in [0.717, 1.165) is 31.1 Å². The molecule has 2 nitrogen and oxygen atoms in total. The average molecular weight is 247 g/mol. The van der Waals surface area contributed by atoms with Gasteiger partial charge in [0, 0.05) is 6.04 Å². The van der Waals surface area contributed by atoms with E-state index in [4.69, 9.17) is 4.74 Å². The van der Waals surface area contributed by atoms with Crippen LogP contribution in [0.4, 0.5) is 5.69 Å². The molecule has 1 atom stereocenters. The Kier molecular flexibility index (Phi) is 4.51. The van der Waals surface area contributed by atoms with E-state index in [0.29, 0.717) is 6.04 Å². The lowest BCUT2D eigenvalue weighted by Gasteiger charge is -2.26. The van der Waals surface area contributed by atoms with Crippen molar-refractivity contribution in [2.24, 2.45) is 5.92 Å². The molecule has 0 aliphatic carbocycles. The van der Waals surface area contributed by atoms with Gasteiger partial charge in [0.15, 0.2) is 0 Å². The zero-order valence-corrected chi connectivity index (χ0v) is 11.8. The van der Waals surface area contributed by atoms with Gasteiger partial charge in [-0.3, -0.25) is 0 Å². The summed E-state index contributed by atoms with van der Waals surface area (Å²) < 4.78 is 5.94. The number of benzene rings is 1. The largest absolute Gasteiger partial charge is 0.491 e. The van der Waals surface area contributed by atoms with E-state index in [9.17, 15) is 0 Å². The Morgan fingerprint density at radius 3 is 3.00 bits per heavy atom. The second-order valence-electron chi connectivity index (χ2n) is 5.76. The molecule has 0 fully saturated rings. The summed E-state index contributed by atoms with van der Waals surface area (Å²) in [5, 5.41) is 3.55. The first-order valence-electron chi connectivity index (χ1n) is 7.18. The summed E-state index contributed by atoms with van der Waals surface area (Å²) in [5.74, 6) is 1.79. The van der Waals surface area contributed by atoms with Crippen molar-refractivity contribution in [2.75, 3.05) is 11.9 Å². The molecule has 100 valence electrons. The molecule has 1 aromatic rings. The van der Waals surface area contributed by atoms with Gasteiger partial charge in [-0.1, -0.05) is 26.0 Å². The van der Waals surface area contributed by atoms with Crippen LogP contribution in [0.25, 0.3) is 0 Å². The zero-order chi connectivity index (χ0) is 13.0. The van der Waals surface area contributed by atoms with Gasteiger partial charge in [0.05, 0.1) is 12.3 Å². The molecule has 0 saturated carbocycles. The standard InChI is InChI=1S/C16H25NO/c1-12(2)6-5-11-18-15-8-4-7-14-10-9-13(3)17-16(14)15/h4,7-8,12-13,17H,5-6,9-11H2,1-3H3. The molecule has 0 spiro atoms. The number of rotatable bonds is 5. The van der Waals surface area contributed by atoms with Crippen LogP contribution < -0.4 is 10.1 Å². The molecular formula is C16H25NO. The molecule has 0 amide bonds. The molecule has 1 heterocycles. The number of nitrogens with one attached hydrogen (secondary N) is 1. The van der Waals surface area contributed by atoms with Gasteiger partial charge in [-0.15, -0.1) is 0 Å². The van der Waals surface area contributed by atoms with Gasteiger partial charge >= 0.3 is 0 Å². The lowest BCUT2D eigenvalue weighted by atomic mass is 9.98. The molecule has 2 rings (SSSR count). The third-order valence-corrected chi connectivity index (χ3v) is 3.53. The van der Waals surface area contributed by atoms with E-state index in [-0.39, 0.29) is 0 Å². The van der Waals surface area contributed by atoms with Crippen molar-refractivity contribution in [1.29, 1.82) is 0 Å². The number of hydrogen-bond acceptors (Lipinski definition) is 2. The van der Waals surface area contributed by atoms with Crippen molar-refractivity contribution in [3.8, 4) is 5.75 Å². The van der Waals surface area contributed by atoms with Gasteiger partial charge < -0.3 is 10.1 Å². The SMILES string of the molecule is CC(C)CCCOc1cccc2c1NC(C)CC2. The predicted octanol–water partition coefficient (Wildman–Crippen LogP) is 4.25. The minimum atomic E-state index is 0.554. The highest BCUT2D eigenvalue weighted by molar-refractivity contribution is 5.63. The minimum Gasteiger partial charge on any atom is -0.491 e. The number of fused-ring (bicyclic) bond motifs is 1. The molecule has 0 saturated heterocycles. The van der Waals surface area contributed by atoms with Crippen LogP contribution in [0.5, 0.6) is 5.75 Å². The number of hydrogen-bond donors (Lipinski definition) is 1. The highest BCUT2D eigenvalue weighted by atomic mass is 16.5. The second-order valence-corrected chi connectivity index (χ2v) is 5.76. The van der Waals surface area contributed by atoms with Crippen LogP contribution in [0, 0.1) is 5.92 Å². The smallest absolute Gasteiger partial charge is 0.142 e. The molecule has 1 aliphatic rings. The van der Waals surface area contributed by atoms with Crippen LogP contribution in [0.3, 0.4) is 0 Å². The maximum Gasteiger partial charge on any atom is 0.142 e. The van der Waals surface area contributed by atoms with E-state index < -0.39 is 0 Å². The van der Waals surface area contributed by atoms with E-state index in [2.05, 4.69) is 44.3 Å². The van der Waals surface area contributed by atoms with Crippen LogP contribution >= 0.6 is 0 Å². The van der Waals surface area contributed by atoms with Gasteiger partial charge in [-0.2, -0.15) is 0 Å². The lowest BCUT2D eigenvalue weighted by Crippen LogP contribution is -2.22. The second kappa shape index (κ2) is 6.12. The Morgan fingerprint density at radius 2 is 2.22 bits per heavy atom. The lowest BCUT2D eigenvalue weighted by molar-refractivity contribution is 0.298. The topological polar surface area (TPSA) is 21.3 Å². The Morgan fingerprint density at radius 1 is 1.39 bits per heavy atom. The average Bonchev–Trinajstić information content (AvgIpc) is 2.34. The molecule has 18 heavy (non-hydrogen) atoms. The number of aryl methyl sites for hydroxylation is 1. The van der Waals surface area contributed by atoms with Crippen molar-refractivity contribution in [1.82, 2.24) is 0 Å². The van der Waals surface area contributed by atoms with Gasteiger partial charge in [-0.05, 0) is 50.2 Å². The fourth-order valence-corrected chi connectivity index (χ4v) is 2.43. The first-order valence-corrected chi connectivity index (χ1v) is 7.18. The molecule has 2 heteroatoms. The fourth-order valence-electron chi connectivity index (χ4n) is 2.43. The zero-order valence-electron chi connectivity index (χ0n) is 11.8. The summed E-state index contributed by atoms with van der Waals surface area (Å²) in [4.78, 5) is 0. The Labute approximate surface area is 111 Å². The molecule has 1 N–H and O–H groups in total. The molecule has 1 aromatic carbocycles. The maximum absolute atomic E-state index is 5.94. The monoisotopic (exact) mass is 247 g/mol. The summed E-state index contributed by atoms with van der Waals surface area (Å²) in [6.45, 7) is 7.57.